The minimum atomic E-state index is -0.584. The van der Waals surface area contributed by atoms with Crippen LogP contribution >= 0.6 is 0 Å². The predicted octanol–water partition coefficient (Wildman–Crippen LogP) is 3.15. The Bertz CT molecular complexity index is 763. The number of aromatic nitrogens is 1. The van der Waals surface area contributed by atoms with E-state index in [0.29, 0.717) is 19.1 Å². The summed E-state index contributed by atoms with van der Waals surface area (Å²) in [5.74, 6) is 0.647. The molecule has 1 unspecified atom stereocenters. The van der Waals surface area contributed by atoms with Crippen molar-refractivity contribution < 1.29 is 23.8 Å². The molecule has 1 aromatic rings. The van der Waals surface area contributed by atoms with E-state index in [1.165, 1.54) is 5.69 Å². The van der Waals surface area contributed by atoms with Gasteiger partial charge in [-0.3, -0.25) is 9.88 Å². The Morgan fingerprint density at radius 3 is 2.55 bits per heavy atom. The second-order valence-electron chi connectivity index (χ2n) is 9.18. The highest BCUT2D eigenvalue weighted by molar-refractivity contribution is 5.69. The number of anilines is 1. The lowest BCUT2D eigenvalue weighted by atomic mass is 9.93. The highest BCUT2D eigenvalue weighted by Crippen LogP contribution is 2.26. The minimum Gasteiger partial charge on any atom is -0.443 e. The molecule has 4 heterocycles. The van der Waals surface area contributed by atoms with Crippen molar-refractivity contribution in [1.29, 1.82) is 0 Å². The first kappa shape index (κ1) is 23.6. The van der Waals surface area contributed by atoms with Crippen LogP contribution < -0.4 is 4.90 Å². The van der Waals surface area contributed by atoms with Crippen molar-refractivity contribution in [3.8, 4) is 0 Å². The van der Waals surface area contributed by atoms with Crippen molar-refractivity contribution in [2.75, 3.05) is 57.3 Å². The van der Waals surface area contributed by atoms with Gasteiger partial charge in [0.15, 0.2) is 0 Å². The average molecular weight is 461 g/mol. The quantitative estimate of drug-likeness (QED) is 0.547. The van der Waals surface area contributed by atoms with E-state index in [9.17, 15) is 9.59 Å². The maximum atomic E-state index is 12.4. The van der Waals surface area contributed by atoms with Gasteiger partial charge in [0.25, 0.3) is 0 Å². The third kappa shape index (κ3) is 6.72. The van der Waals surface area contributed by atoms with Crippen LogP contribution in [0.3, 0.4) is 0 Å². The molecule has 4 rings (SSSR count). The fourth-order valence-corrected chi connectivity index (χ4v) is 5.01. The number of piperidine rings is 2. The van der Waals surface area contributed by atoms with Crippen molar-refractivity contribution in [2.45, 2.75) is 51.2 Å². The summed E-state index contributed by atoms with van der Waals surface area (Å²) in [5.41, 5.74) is 1.24. The molecule has 0 saturated carbocycles. The van der Waals surface area contributed by atoms with Crippen LogP contribution in [0, 0.1) is 5.92 Å². The molecule has 33 heavy (non-hydrogen) atoms. The monoisotopic (exact) mass is 460 g/mol. The molecule has 1 amide bonds. The van der Waals surface area contributed by atoms with Gasteiger partial charge in [0.05, 0.1) is 13.2 Å². The molecule has 3 fully saturated rings. The highest BCUT2D eigenvalue weighted by Gasteiger charge is 2.34. The number of rotatable bonds is 8. The molecule has 0 radical (unpaired) electrons. The molecule has 1 atom stereocenters. The van der Waals surface area contributed by atoms with Crippen LogP contribution in [0.15, 0.2) is 24.5 Å². The van der Waals surface area contributed by atoms with E-state index in [0.717, 1.165) is 71.4 Å². The molecule has 0 aromatic carbocycles. The van der Waals surface area contributed by atoms with Crippen molar-refractivity contribution in [3.63, 3.8) is 0 Å². The normalized spacial score (nSPS) is 22.9. The summed E-state index contributed by atoms with van der Waals surface area (Å²) in [6.45, 7) is 8.02. The summed E-state index contributed by atoms with van der Waals surface area (Å²) < 4.78 is 15.8. The van der Waals surface area contributed by atoms with E-state index in [-0.39, 0.29) is 18.3 Å². The topological polar surface area (TPSA) is 84.4 Å². The fraction of sp³-hybridized carbons (Fsp3) is 0.708. The van der Waals surface area contributed by atoms with Gasteiger partial charge in [-0.15, -0.1) is 0 Å². The van der Waals surface area contributed by atoms with E-state index < -0.39 is 6.16 Å². The van der Waals surface area contributed by atoms with Gasteiger partial charge in [-0.1, -0.05) is 0 Å². The number of likely N-dealkylation sites (tertiary alicyclic amines) is 1. The highest BCUT2D eigenvalue weighted by atomic mass is 16.7. The second kappa shape index (κ2) is 11.5. The third-order valence-corrected chi connectivity index (χ3v) is 6.92. The lowest BCUT2D eigenvalue weighted by molar-refractivity contribution is -0.00296. The van der Waals surface area contributed by atoms with E-state index in [1.807, 2.05) is 17.3 Å². The molecule has 3 aliphatic heterocycles. The summed E-state index contributed by atoms with van der Waals surface area (Å²) in [7, 11) is 0. The summed E-state index contributed by atoms with van der Waals surface area (Å²) >= 11 is 0. The molecule has 0 aliphatic carbocycles. The minimum absolute atomic E-state index is 0.0893. The standard InChI is InChI=1S/C24H36N4O5/c1-2-31-24(30)33-21-8-12-26(13-9-21)17-22-18-28(23(29)32-22)16-7-19-5-14-27(15-6-19)20-3-10-25-11-4-20/h3-4,10-11,19,21-22H,2,5-9,12-18H2,1H3. The second-order valence-corrected chi connectivity index (χ2v) is 9.18. The number of ether oxygens (including phenoxy) is 3. The van der Waals surface area contributed by atoms with E-state index >= 15 is 0 Å². The Hall–Kier alpha value is -2.55. The summed E-state index contributed by atoms with van der Waals surface area (Å²) in [6, 6.07) is 4.13. The lowest BCUT2D eigenvalue weighted by Gasteiger charge is -2.34. The van der Waals surface area contributed by atoms with Crippen LogP contribution in [0.4, 0.5) is 15.3 Å². The van der Waals surface area contributed by atoms with Crippen molar-refractivity contribution in [2.24, 2.45) is 5.92 Å². The van der Waals surface area contributed by atoms with Gasteiger partial charge in [0.2, 0.25) is 0 Å². The molecule has 9 heteroatoms. The maximum absolute atomic E-state index is 12.4. The molecule has 9 nitrogen and oxygen atoms in total. The SMILES string of the molecule is CCOC(=O)OC1CCN(CC2CN(CCC3CCN(c4ccncc4)CC3)C(=O)O2)CC1. The summed E-state index contributed by atoms with van der Waals surface area (Å²) in [6.07, 6.45) is 7.63. The van der Waals surface area contributed by atoms with Gasteiger partial charge in [0.1, 0.15) is 12.2 Å². The molecule has 182 valence electrons. The Morgan fingerprint density at radius 1 is 1.12 bits per heavy atom. The van der Waals surface area contributed by atoms with Crippen LogP contribution in [0.5, 0.6) is 0 Å². The zero-order valence-corrected chi connectivity index (χ0v) is 19.6. The number of hydrogen-bond acceptors (Lipinski definition) is 8. The third-order valence-electron chi connectivity index (χ3n) is 6.92. The Labute approximate surface area is 196 Å². The first-order chi connectivity index (χ1) is 16.1. The predicted molar refractivity (Wildman–Crippen MR) is 123 cm³/mol. The molecule has 1 aromatic heterocycles. The number of amides is 1. The molecular weight excluding hydrogens is 424 g/mol. The van der Waals surface area contributed by atoms with Crippen LogP contribution in [0.25, 0.3) is 0 Å². The van der Waals surface area contributed by atoms with E-state index in [4.69, 9.17) is 14.2 Å². The molecule has 3 aliphatic rings. The molecule has 0 bridgehead atoms. The fourth-order valence-electron chi connectivity index (χ4n) is 5.01. The Kier molecular flexibility index (Phi) is 8.25. The number of cyclic esters (lactones) is 1. The number of hydrogen-bond donors (Lipinski definition) is 0. The summed E-state index contributed by atoms with van der Waals surface area (Å²) in [4.78, 5) is 34.5. The first-order valence-electron chi connectivity index (χ1n) is 12.3. The van der Waals surface area contributed by atoms with E-state index in [1.54, 1.807) is 6.92 Å². The van der Waals surface area contributed by atoms with Crippen LogP contribution in [-0.2, 0) is 14.2 Å². The zero-order chi connectivity index (χ0) is 23.0. The molecule has 3 saturated heterocycles. The number of carbonyl (C=O) groups excluding carboxylic acids is 2. The average Bonchev–Trinajstić information content (AvgIpc) is 3.19. The van der Waals surface area contributed by atoms with Crippen molar-refractivity contribution >= 4 is 17.9 Å². The van der Waals surface area contributed by atoms with Crippen molar-refractivity contribution in [1.82, 2.24) is 14.8 Å². The smallest absolute Gasteiger partial charge is 0.443 e. The molecule has 0 spiro atoms. The Balaban J connectivity index is 1.12. The Morgan fingerprint density at radius 2 is 1.85 bits per heavy atom. The maximum Gasteiger partial charge on any atom is 0.508 e. The van der Waals surface area contributed by atoms with Crippen LogP contribution in [0.2, 0.25) is 0 Å². The first-order valence-corrected chi connectivity index (χ1v) is 12.3. The number of nitrogens with zero attached hydrogens (tertiary/aromatic N) is 4. The largest absolute Gasteiger partial charge is 0.508 e. The van der Waals surface area contributed by atoms with Gasteiger partial charge in [-0.25, -0.2) is 9.59 Å². The zero-order valence-electron chi connectivity index (χ0n) is 19.6. The van der Waals surface area contributed by atoms with Gasteiger partial charge >= 0.3 is 12.2 Å². The van der Waals surface area contributed by atoms with Crippen molar-refractivity contribution in [3.05, 3.63) is 24.5 Å². The number of carbonyl (C=O) groups is 2. The van der Waals surface area contributed by atoms with Gasteiger partial charge in [0, 0.05) is 57.3 Å². The molecule has 0 N–H and O–H groups in total. The molecular formula is C24H36N4O5. The van der Waals surface area contributed by atoms with E-state index in [2.05, 4.69) is 26.9 Å². The van der Waals surface area contributed by atoms with Gasteiger partial charge < -0.3 is 24.0 Å². The van der Waals surface area contributed by atoms with Crippen LogP contribution in [0.1, 0.15) is 39.0 Å². The number of pyridine rings is 1. The lowest BCUT2D eigenvalue weighted by Crippen LogP contribution is -2.42. The van der Waals surface area contributed by atoms with Gasteiger partial charge in [-0.2, -0.15) is 0 Å². The van der Waals surface area contributed by atoms with Crippen LogP contribution in [-0.4, -0.2) is 91.7 Å². The summed E-state index contributed by atoms with van der Waals surface area (Å²) in [5, 5.41) is 0. The van der Waals surface area contributed by atoms with Gasteiger partial charge in [-0.05, 0) is 57.1 Å².